The molecule has 0 radical (unpaired) electrons. The van der Waals surface area contributed by atoms with Gasteiger partial charge >= 0.3 is 0 Å². The van der Waals surface area contributed by atoms with E-state index in [9.17, 15) is 15.2 Å². The third-order valence-electron chi connectivity index (χ3n) is 3.08. The van der Waals surface area contributed by atoms with Gasteiger partial charge in [-0.1, -0.05) is 15.9 Å². The highest BCUT2D eigenvalue weighted by Crippen LogP contribution is 2.25. The van der Waals surface area contributed by atoms with Gasteiger partial charge in [-0.2, -0.15) is 0 Å². The number of aliphatic hydroxyl groups is 1. The number of benzene rings is 1. The Kier molecular flexibility index (Phi) is 4.84. The molecule has 0 bridgehead atoms. The first kappa shape index (κ1) is 15.1. The summed E-state index contributed by atoms with van der Waals surface area (Å²) >= 11 is 3.34. The highest BCUT2D eigenvalue weighted by atomic mass is 79.9. The highest BCUT2D eigenvalue weighted by Gasteiger charge is 2.23. The van der Waals surface area contributed by atoms with E-state index in [1.807, 2.05) is 25.8 Å². The van der Waals surface area contributed by atoms with Crippen LogP contribution in [0.1, 0.15) is 19.4 Å². The second kappa shape index (κ2) is 5.77. The van der Waals surface area contributed by atoms with Gasteiger partial charge in [0.2, 0.25) is 0 Å². The van der Waals surface area contributed by atoms with Gasteiger partial charge in [-0.3, -0.25) is 15.0 Å². The van der Waals surface area contributed by atoms with E-state index >= 15 is 0 Å². The molecule has 0 fully saturated rings. The lowest BCUT2D eigenvalue weighted by Gasteiger charge is -2.34. The number of aliphatic hydroxyl groups excluding tert-OH is 1. The number of nitro groups is 1. The van der Waals surface area contributed by atoms with Crippen molar-refractivity contribution in [1.29, 1.82) is 0 Å². The van der Waals surface area contributed by atoms with Crippen LogP contribution >= 0.6 is 15.9 Å². The number of rotatable bonds is 5. The van der Waals surface area contributed by atoms with Crippen molar-refractivity contribution in [3.8, 4) is 0 Å². The van der Waals surface area contributed by atoms with E-state index in [0.29, 0.717) is 11.0 Å². The van der Waals surface area contributed by atoms with E-state index in [1.54, 1.807) is 6.07 Å². The van der Waals surface area contributed by atoms with Gasteiger partial charge in [-0.25, -0.2) is 0 Å². The molecule has 0 amide bonds. The molecule has 1 aromatic carbocycles. The molecule has 0 saturated carbocycles. The summed E-state index contributed by atoms with van der Waals surface area (Å²) in [6, 6.07) is 4.71. The fraction of sp³-hybridized carbons (Fsp3) is 0.500. The lowest BCUT2D eigenvalue weighted by Crippen LogP contribution is -2.43. The molecule has 0 aliphatic carbocycles. The molecule has 0 atom stereocenters. The predicted molar refractivity (Wildman–Crippen MR) is 73.4 cm³/mol. The quantitative estimate of drug-likeness (QED) is 0.669. The minimum atomic E-state index is -0.421. The van der Waals surface area contributed by atoms with Gasteiger partial charge in [0.05, 0.1) is 11.5 Å². The molecule has 0 heterocycles. The Morgan fingerprint density at radius 1 is 1.50 bits per heavy atom. The molecule has 0 aliphatic rings. The summed E-state index contributed by atoms with van der Waals surface area (Å²) in [6.07, 6.45) is 0. The number of likely N-dealkylation sites (N-methyl/N-ethyl adjacent to an activating group) is 1. The Morgan fingerprint density at radius 3 is 2.56 bits per heavy atom. The third-order valence-corrected chi connectivity index (χ3v) is 3.81. The van der Waals surface area contributed by atoms with E-state index in [2.05, 4.69) is 15.9 Å². The van der Waals surface area contributed by atoms with E-state index < -0.39 is 4.92 Å². The van der Waals surface area contributed by atoms with Crippen LogP contribution in [0.25, 0.3) is 0 Å². The summed E-state index contributed by atoms with van der Waals surface area (Å²) < 4.78 is 0.706. The number of nitrogens with zero attached hydrogens (tertiary/aromatic N) is 2. The molecule has 0 saturated heterocycles. The molecule has 18 heavy (non-hydrogen) atoms. The maximum Gasteiger partial charge on any atom is 0.270 e. The Morgan fingerprint density at radius 2 is 2.11 bits per heavy atom. The van der Waals surface area contributed by atoms with Crippen LogP contribution in [0.3, 0.4) is 0 Å². The van der Waals surface area contributed by atoms with Crippen LogP contribution in [0.15, 0.2) is 22.7 Å². The maximum atomic E-state index is 10.6. The van der Waals surface area contributed by atoms with Crippen molar-refractivity contribution < 1.29 is 10.0 Å². The number of nitro benzene ring substituents is 1. The highest BCUT2D eigenvalue weighted by molar-refractivity contribution is 9.10. The summed E-state index contributed by atoms with van der Waals surface area (Å²) in [5.74, 6) is 0. The molecule has 0 spiro atoms. The van der Waals surface area contributed by atoms with E-state index in [4.69, 9.17) is 0 Å². The SMILES string of the molecule is CN(Cc1ccc([N+](=O)[O-])cc1Br)C(C)(C)CO. The van der Waals surface area contributed by atoms with Crippen LogP contribution in [-0.2, 0) is 6.54 Å². The monoisotopic (exact) mass is 316 g/mol. The zero-order valence-electron chi connectivity index (χ0n) is 10.7. The van der Waals surface area contributed by atoms with Gasteiger partial charge in [0.25, 0.3) is 5.69 Å². The second-order valence-corrected chi connectivity index (χ2v) is 5.71. The topological polar surface area (TPSA) is 66.6 Å². The van der Waals surface area contributed by atoms with Crippen LogP contribution in [0.4, 0.5) is 5.69 Å². The van der Waals surface area contributed by atoms with Gasteiger partial charge < -0.3 is 5.11 Å². The van der Waals surface area contributed by atoms with Crippen LogP contribution < -0.4 is 0 Å². The molecule has 0 aliphatic heterocycles. The minimum absolute atomic E-state index is 0.0497. The zero-order chi connectivity index (χ0) is 13.9. The fourth-order valence-corrected chi connectivity index (χ4v) is 1.86. The van der Waals surface area contributed by atoms with E-state index in [1.165, 1.54) is 12.1 Å². The summed E-state index contributed by atoms with van der Waals surface area (Å²) in [5, 5.41) is 19.9. The van der Waals surface area contributed by atoms with Crippen molar-refractivity contribution in [1.82, 2.24) is 4.90 Å². The molecule has 1 aromatic rings. The fourth-order valence-electron chi connectivity index (χ4n) is 1.37. The first-order chi connectivity index (χ1) is 8.27. The summed E-state index contributed by atoms with van der Waals surface area (Å²) in [5.41, 5.74) is 0.681. The summed E-state index contributed by atoms with van der Waals surface area (Å²) in [6.45, 7) is 4.53. The average molecular weight is 317 g/mol. The van der Waals surface area contributed by atoms with E-state index in [0.717, 1.165) is 5.56 Å². The normalized spacial score (nSPS) is 11.9. The number of halogens is 1. The molecule has 0 aromatic heterocycles. The molecule has 100 valence electrons. The van der Waals surface area contributed by atoms with Gasteiger partial charge in [0.1, 0.15) is 0 Å². The number of non-ortho nitro benzene ring substituents is 1. The third kappa shape index (κ3) is 3.51. The number of hydrogen-bond acceptors (Lipinski definition) is 4. The Labute approximate surface area is 115 Å². The van der Waals surface area contributed by atoms with Crippen molar-refractivity contribution in [2.45, 2.75) is 25.9 Å². The molecule has 0 unspecified atom stereocenters. The Hall–Kier alpha value is -0.980. The molecular formula is C12H17BrN2O3. The van der Waals surface area contributed by atoms with E-state index in [-0.39, 0.29) is 17.8 Å². The van der Waals surface area contributed by atoms with Crippen LogP contribution in [0, 0.1) is 10.1 Å². The van der Waals surface area contributed by atoms with Gasteiger partial charge in [0, 0.05) is 28.7 Å². The molecular weight excluding hydrogens is 300 g/mol. The first-order valence-electron chi connectivity index (χ1n) is 5.53. The predicted octanol–water partition coefficient (Wildman–Crippen LogP) is 2.56. The molecule has 5 nitrogen and oxygen atoms in total. The van der Waals surface area contributed by atoms with Crippen LogP contribution in [0.2, 0.25) is 0 Å². The smallest absolute Gasteiger partial charge is 0.270 e. The Balaban J connectivity index is 2.89. The van der Waals surface area contributed by atoms with Crippen molar-refractivity contribution in [3.05, 3.63) is 38.3 Å². The lowest BCUT2D eigenvalue weighted by molar-refractivity contribution is -0.384. The zero-order valence-corrected chi connectivity index (χ0v) is 12.3. The van der Waals surface area contributed by atoms with Gasteiger partial charge in [-0.15, -0.1) is 0 Å². The maximum absolute atomic E-state index is 10.6. The number of hydrogen-bond donors (Lipinski definition) is 1. The average Bonchev–Trinajstić information content (AvgIpc) is 2.31. The summed E-state index contributed by atoms with van der Waals surface area (Å²) in [7, 11) is 1.91. The molecule has 6 heteroatoms. The van der Waals surface area contributed by atoms with Crippen molar-refractivity contribution in [2.24, 2.45) is 0 Å². The molecule has 1 N–H and O–H groups in total. The van der Waals surface area contributed by atoms with Gasteiger partial charge in [-0.05, 0) is 32.5 Å². The summed E-state index contributed by atoms with van der Waals surface area (Å²) in [4.78, 5) is 12.2. The van der Waals surface area contributed by atoms with Crippen molar-refractivity contribution in [2.75, 3.05) is 13.7 Å². The van der Waals surface area contributed by atoms with Crippen LogP contribution in [-0.4, -0.2) is 34.1 Å². The first-order valence-corrected chi connectivity index (χ1v) is 6.32. The minimum Gasteiger partial charge on any atom is -0.394 e. The van der Waals surface area contributed by atoms with Crippen molar-refractivity contribution >= 4 is 21.6 Å². The standard InChI is InChI=1S/C12H17BrN2O3/c1-12(2,8-16)14(3)7-9-4-5-10(15(17)18)6-11(9)13/h4-6,16H,7-8H2,1-3H3. The molecule has 1 rings (SSSR count). The lowest BCUT2D eigenvalue weighted by atomic mass is 10.0. The second-order valence-electron chi connectivity index (χ2n) is 4.86. The van der Waals surface area contributed by atoms with Gasteiger partial charge in [0.15, 0.2) is 0 Å². The Bertz CT molecular complexity index is 449. The largest absolute Gasteiger partial charge is 0.394 e. The van der Waals surface area contributed by atoms with Crippen molar-refractivity contribution in [3.63, 3.8) is 0 Å². The van der Waals surface area contributed by atoms with Crippen LogP contribution in [0.5, 0.6) is 0 Å².